The van der Waals surface area contributed by atoms with Gasteiger partial charge in [0.05, 0.1) is 0 Å². The summed E-state index contributed by atoms with van der Waals surface area (Å²) in [4.78, 5) is 10.4. The van der Waals surface area contributed by atoms with E-state index in [0.29, 0.717) is 5.82 Å². The lowest BCUT2D eigenvalue weighted by atomic mass is 10.6. The van der Waals surface area contributed by atoms with Gasteiger partial charge in [-0.2, -0.15) is 0 Å². The molecule has 0 spiro atoms. The largest absolute Gasteiger partial charge is 0.406 e. The summed E-state index contributed by atoms with van der Waals surface area (Å²) in [6, 6.07) is 1.49. The van der Waals surface area contributed by atoms with Crippen LogP contribution in [0, 0.1) is 0 Å². The van der Waals surface area contributed by atoms with Gasteiger partial charge in [0.2, 0.25) is 5.88 Å². The van der Waals surface area contributed by atoms with Crippen LogP contribution in [0.2, 0.25) is 0 Å². The van der Waals surface area contributed by atoms with Crippen LogP contribution in [-0.4, -0.2) is 15.7 Å². The van der Waals surface area contributed by atoms with Gasteiger partial charge < -0.3 is 10.5 Å². The van der Waals surface area contributed by atoms with Crippen LogP contribution in [0.15, 0.2) is 6.07 Å². The summed E-state index contributed by atoms with van der Waals surface area (Å²) < 4.78 is 6.09. The lowest BCUT2D eigenvalue weighted by Crippen LogP contribution is -2.02. The minimum absolute atomic E-state index is 0.234. The fourth-order valence-electron chi connectivity index (χ4n) is 0.652. The van der Waals surface area contributed by atoms with Crippen LogP contribution in [0.5, 0.6) is 5.88 Å². The molecule has 1 rings (SSSR count). The van der Waals surface area contributed by atoms with Crippen molar-refractivity contribution in [3.63, 3.8) is 0 Å². The van der Waals surface area contributed by atoms with E-state index in [-0.39, 0.29) is 5.88 Å². The molecule has 5 nitrogen and oxygen atoms in total. The van der Waals surface area contributed by atoms with Crippen LogP contribution in [0.4, 0.5) is 5.82 Å². The van der Waals surface area contributed by atoms with E-state index in [4.69, 9.17) is 5.73 Å². The zero-order valence-electron chi connectivity index (χ0n) is 6.37. The SMILES string of the molecule is CC(=O)Oc1cc(N)n(C)n1. The summed E-state index contributed by atoms with van der Waals surface area (Å²) in [6.07, 6.45) is 0. The number of ether oxygens (including phenoxy) is 1. The summed E-state index contributed by atoms with van der Waals surface area (Å²) in [5.74, 6) is 0.293. The molecule has 0 aromatic carbocycles. The Hall–Kier alpha value is -1.52. The lowest BCUT2D eigenvalue weighted by Gasteiger charge is -1.91. The van der Waals surface area contributed by atoms with E-state index in [0.717, 1.165) is 0 Å². The Morgan fingerprint density at radius 2 is 2.45 bits per heavy atom. The molecule has 0 fully saturated rings. The molecule has 60 valence electrons. The van der Waals surface area contributed by atoms with Gasteiger partial charge in [0.1, 0.15) is 5.82 Å². The predicted molar refractivity (Wildman–Crippen MR) is 38.9 cm³/mol. The second-order valence-corrected chi connectivity index (χ2v) is 2.12. The Kier molecular flexibility index (Phi) is 1.80. The van der Waals surface area contributed by atoms with Crippen LogP contribution < -0.4 is 10.5 Å². The Balaban J connectivity index is 2.81. The first-order valence-electron chi connectivity index (χ1n) is 3.07. The molecule has 0 aliphatic rings. The molecule has 0 atom stereocenters. The van der Waals surface area contributed by atoms with Crippen molar-refractivity contribution in [3.8, 4) is 5.88 Å². The normalized spacial score (nSPS) is 9.64. The van der Waals surface area contributed by atoms with Gasteiger partial charge in [0, 0.05) is 20.0 Å². The van der Waals surface area contributed by atoms with Gasteiger partial charge >= 0.3 is 5.97 Å². The van der Waals surface area contributed by atoms with E-state index in [1.54, 1.807) is 7.05 Å². The van der Waals surface area contributed by atoms with Crippen LogP contribution in [0.3, 0.4) is 0 Å². The first kappa shape index (κ1) is 7.59. The molecule has 1 aromatic rings. The summed E-state index contributed by atoms with van der Waals surface area (Å²) in [7, 11) is 1.67. The van der Waals surface area contributed by atoms with E-state index >= 15 is 0 Å². The van der Waals surface area contributed by atoms with Gasteiger partial charge in [-0.15, -0.1) is 5.10 Å². The second kappa shape index (κ2) is 2.61. The highest BCUT2D eigenvalue weighted by atomic mass is 16.5. The lowest BCUT2D eigenvalue weighted by molar-refractivity contribution is -0.132. The maximum Gasteiger partial charge on any atom is 0.309 e. The maximum absolute atomic E-state index is 10.4. The van der Waals surface area contributed by atoms with Crippen molar-refractivity contribution in [2.45, 2.75) is 6.92 Å². The summed E-state index contributed by atoms with van der Waals surface area (Å²) in [6.45, 7) is 1.31. The number of carbonyl (C=O) groups is 1. The topological polar surface area (TPSA) is 70.1 Å². The summed E-state index contributed by atoms with van der Waals surface area (Å²) in [5, 5.41) is 3.80. The Labute approximate surface area is 63.7 Å². The van der Waals surface area contributed by atoms with Gasteiger partial charge in [-0.25, -0.2) is 4.68 Å². The first-order chi connectivity index (χ1) is 5.09. The standard InChI is InChI=1S/C6H9N3O2/c1-4(10)11-6-3-5(7)9(2)8-6/h3H,7H2,1-2H3. The first-order valence-corrected chi connectivity index (χ1v) is 3.07. The van der Waals surface area contributed by atoms with Gasteiger partial charge in [0.15, 0.2) is 0 Å². The number of aryl methyl sites for hydroxylation is 1. The number of hydrogen-bond acceptors (Lipinski definition) is 4. The third kappa shape index (κ3) is 1.70. The number of nitrogens with zero attached hydrogens (tertiary/aromatic N) is 2. The van der Waals surface area contributed by atoms with Gasteiger partial charge in [0.25, 0.3) is 0 Å². The monoisotopic (exact) mass is 155 g/mol. The number of esters is 1. The average molecular weight is 155 g/mol. The van der Waals surface area contributed by atoms with Gasteiger partial charge in [-0.05, 0) is 0 Å². The van der Waals surface area contributed by atoms with Crippen molar-refractivity contribution in [3.05, 3.63) is 6.07 Å². The number of nitrogens with two attached hydrogens (primary N) is 1. The quantitative estimate of drug-likeness (QED) is 0.576. The third-order valence-electron chi connectivity index (χ3n) is 1.14. The maximum atomic E-state index is 10.4. The second-order valence-electron chi connectivity index (χ2n) is 2.12. The van der Waals surface area contributed by atoms with Gasteiger partial charge in [-0.1, -0.05) is 0 Å². The van der Waals surface area contributed by atoms with Crippen LogP contribution in [0.25, 0.3) is 0 Å². The molecule has 5 heteroatoms. The number of carbonyl (C=O) groups excluding carboxylic acids is 1. The van der Waals surface area contributed by atoms with Gasteiger partial charge in [-0.3, -0.25) is 4.79 Å². The number of rotatable bonds is 1. The molecule has 0 unspecified atom stereocenters. The average Bonchev–Trinajstić information content (AvgIpc) is 2.10. The molecule has 0 saturated carbocycles. The molecule has 0 amide bonds. The predicted octanol–water partition coefficient (Wildman–Crippen LogP) is -0.0724. The van der Waals surface area contributed by atoms with Crippen molar-refractivity contribution in [1.29, 1.82) is 0 Å². The number of anilines is 1. The van der Waals surface area contributed by atoms with Crippen LogP contribution in [-0.2, 0) is 11.8 Å². The molecule has 11 heavy (non-hydrogen) atoms. The fourth-order valence-corrected chi connectivity index (χ4v) is 0.652. The third-order valence-corrected chi connectivity index (χ3v) is 1.14. The molecule has 0 aliphatic carbocycles. The number of hydrogen-bond donors (Lipinski definition) is 1. The smallest absolute Gasteiger partial charge is 0.309 e. The molecular formula is C6H9N3O2. The Morgan fingerprint density at radius 1 is 1.82 bits per heavy atom. The summed E-state index contributed by atoms with van der Waals surface area (Å²) >= 11 is 0. The molecule has 0 aliphatic heterocycles. The van der Waals surface area contributed by atoms with E-state index in [1.807, 2.05) is 0 Å². The van der Waals surface area contributed by atoms with E-state index in [1.165, 1.54) is 17.7 Å². The van der Waals surface area contributed by atoms with Crippen molar-refractivity contribution >= 4 is 11.8 Å². The molecule has 1 heterocycles. The highest BCUT2D eigenvalue weighted by Gasteiger charge is 2.03. The Morgan fingerprint density at radius 3 is 2.82 bits per heavy atom. The minimum atomic E-state index is -0.400. The highest BCUT2D eigenvalue weighted by Crippen LogP contribution is 2.11. The van der Waals surface area contributed by atoms with Crippen molar-refractivity contribution < 1.29 is 9.53 Å². The van der Waals surface area contributed by atoms with E-state index < -0.39 is 5.97 Å². The molecule has 0 radical (unpaired) electrons. The number of aromatic nitrogens is 2. The number of nitrogen functional groups attached to an aromatic ring is 1. The minimum Gasteiger partial charge on any atom is -0.406 e. The zero-order chi connectivity index (χ0) is 8.43. The molecule has 2 N–H and O–H groups in total. The molecule has 1 aromatic heterocycles. The zero-order valence-corrected chi connectivity index (χ0v) is 6.37. The molecular weight excluding hydrogens is 146 g/mol. The van der Waals surface area contributed by atoms with E-state index in [9.17, 15) is 4.79 Å². The highest BCUT2D eigenvalue weighted by molar-refractivity contribution is 5.68. The molecule has 0 bridgehead atoms. The fraction of sp³-hybridized carbons (Fsp3) is 0.333. The van der Waals surface area contributed by atoms with Crippen molar-refractivity contribution in [2.75, 3.05) is 5.73 Å². The summed E-state index contributed by atoms with van der Waals surface area (Å²) in [5.41, 5.74) is 5.43. The molecule has 0 saturated heterocycles. The van der Waals surface area contributed by atoms with Crippen LogP contribution in [0.1, 0.15) is 6.92 Å². The van der Waals surface area contributed by atoms with Crippen molar-refractivity contribution in [2.24, 2.45) is 7.05 Å². The van der Waals surface area contributed by atoms with Crippen molar-refractivity contribution in [1.82, 2.24) is 9.78 Å². The Bertz CT molecular complexity index is 260. The van der Waals surface area contributed by atoms with Crippen LogP contribution >= 0.6 is 0 Å². The van der Waals surface area contributed by atoms with E-state index in [2.05, 4.69) is 9.84 Å².